The summed E-state index contributed by atoms with van der Waals surface area (Å²) in [5.41, 5.74) is 7.93. The van der Waals surface area contributed by atoms with Gasteiger partial charge in [-0.25, -0.2) is 0 Å². The molecule has 4 nitrogen and oxygen atoms in total. The van der Waals surface area contributed by atoms with E-state index in [1.807, 2.05) is 12.3 Å². The average Bonchev–Trinajstić information content (AvgIpc) is 2.85. The van der Waals surface area contributed by atoms with Gasteiger partial charge in [-0.3, -0.25) is 4.98 Å². The summed E-state index contributed by atoms with van der Waals surface area (Å²) in [5.74, 6) is 0. The number of aromatic nitrogens is 1. The van der Waals surface area contributed by atoms with Crippen LogP contribution in [-0.4, -0.2) is 30.3 Å². The lowest BCUT2D eigenvalue weighted by molar-refractivity contribution is 0.0948. The predicted octanol–water partition coefficient (Wildman–Crippen LogP) is 1.75. The molecule has 2 heterocycles. The number of anilines is 1. The summed E-state index contributed by atoms with van der Waals surface area (Å²) in [5, 5.41) is 3.52. The van der Waals surface area contributed by atoms with Crippen LogP contribution in [0.3, 0.4) is 0 Å². The highest BCUT2D eigenvalue weighted by molar-refractivity contribution is 5.44. The number of hydrogen-bond donors (Lipinski definition) is 2. The standard InChI is InChI=1S/C14H23N3O/c1-2-17-12(9-13-4-3-7-18-13)8-11-10-16-6-5-14(11)15/h5-6,10,12-13,17H,2-4,7-9H2,1H3,(H2,15,16). The molecule has 3 N–H and O–H groups in total. The third-order valence-corrected chi connectivity index (χ3v) is 3.47. The number of nitrogen functional groups attached to an aromatic ring is 1. The maximum Gasteiger partial charge on any atom is 0.0590 e. The van der Waals surface area contributed by atoms with Gasteiger partial charge >= 0.3 is 0 Å². The largest absolute Gasteiger partial charge is 0.398 e. The minimum absolute atomic E-state index is 0.409. The molecule has 0 saturated carbocycles. The van der Waals surface area contributed by atoms with Gasteiger partial charge in [0.05, 0.1) is 6.10 Å². The molecule has 2 rings (SSSR count). The summed E-state index contributed by atoms with van der Waals surface area (Å²) in [6, 6.07) is 2.29. The Labute approximate surface area is 109 Å². The smallest absolute Gasteiger partial charge is 0.0590 e. The maximum atomic E-state index is 5.97. The van der Waals surface area contributed by atoms with Crippen LogP contribution in [0.5, 0.6) is 0 Å². The SMILES string of the molecule is CCNC(Cc1cnccc1N)CC1CCCO1. The number of rotatable bonds is 6. The first-order valence-corrected chi connectivity index (χ1v) is 6.83. The summed E-state index contributed by atoms with van der Waals surface area (Å²) in [6.45, 7) is 4.02. The Morgan fingerprint density at radius 1 is 1.61 bits per heavy atom. The Morgan fingerprint density at radius 2 is 2.50 bits per heavy atom. The van der Waals surface area contributed by atoms with Crippen LogP contribution < -0.4 is 11.1 Å². The van der Waals surface area contributed by atoms with Crippen LogP contribution in [0.15, 0.2) is 18.5 Å². The molecule has 0 aromatic carbocycles. The van der Waals surface area contributed by atoms with Crippen molar-refractivity contribution in [3.8, 4) is 0 Å². The van der Waals surface area contributed by atoms with Crippen LogP contribution in [0.1, 0.15) is 31.7 Å². The molecule has 2 atom stereocenters. The molecule has 1 aliphatic heterocycles. The topological polar surface area (TPSA) is 60.2 Å². The predicted molar refractivity (Wildman–Crippen MR) is 73.4 cm³/mol. The highest BCUT2D eigenvalue weighted by Crippen LogP contribution is 2.20. The van der Waals surface area contributed by atoms with Gasteiger partial charge in [0.25, 0.3) is 0 Å². The van der Waals surface area contributed by atoms with E-state index < -0.39 is 0 Å². The van der Waals surface area contributed by atoms with Crippen LogP contribution in [0, 0.1) is 0 Å². The Bertz CT molecular complexity index is 364. The minimum Gasteiger partial charge on any atom is -0.398 e. The number of nitrogens with one attached hydrogen (secondary N) is 1. The van der Waals surface area contributed by atoms with Gasteiger partial charge in [-0.1, -0.05) is 6.92 Å². The van der Waals surface area contributed by atoms with Crippen LogP contribution in [0.2, 0.25) is 0 Å². The molecule has 4 heteroatoms. The number of pyridine rings is 1. The van der Waals surface area contributed by atoms with Crippen molar-refractivity contribution < 1.29 is 4.74 Å². The fourth-order valence-electron chi connectivity index (χ4n) is 2.55. The number of ether oxygens (including phenoxy) is 1. The molecule has 0 bridgehead atoms. The molecule has 2 unspecified atom stereocenters. The zero-order valence-corrected chi connectivity index (χ0v) is 11.1. The van der Waals surface area contributed by atoms with Crippen molar-refractivity contribution in [1.82, 2.24) is 10.3 Å². The van der Waals surface area contributed by atoms with E-state index in [1.54, 1.807) is 6.20 Å². The van der Waals surface area contributed by atoms with E-state index in [1.165, 1.54) is 12.8 Å². The number of likely N-dealkylation sites (N-methyl/N-ethyl adjacent to an activating group) is 1. The second-order valence-corrected chi connectivity index (χ2v) is 4.90. The van der Waals surface area contributed by atoms with Gasteiger partial charge in [0, 0.05) is 30.7 Å². The van der Waals surface area contributed by atoms with Gasteiger partial charge in [-0.2, -0.15) is 0 Å². The molecule has 1 aromatic heterocycles. The van der Waals surface area contributed by atoms with Gasteiger partial charge in [-0.15, -0.1) is 0 Å². The Hall–Kier alpha value is -1.13. The molecule has 0 spiro atoms. The van der Waals surface area contributed by atoms with E-state index >= 15 is 0 Å². The number of hydrogen-bond acceptors (Lipinski definition) is 4. The van der Waals surface area contributed by atoms with E-state index in [2.05, 4.69) is 17.2 Å². The Morgan fingerprint density at radius 3 is 3.17 bits per heavy atom. The summed E-state index contributed by atoms with van der Waals surface area (Å²) >= 11 is 0. The van der Waals surface area contributed by atoms with Gasteiger partial charge in [0.1, 0.15) is 0 Å². The molecule has 1 fully saturated rings. The van der Waals surface area contributed by atoms with Crippen molar-refractivity contribution in [2.45, 2.75) is 44.8 Å². The molecule has 18 heavy (non-hydrogen) atoms. The summed E-state index contributed by atoms with van der Waals surface area (Å²) < 4.78 is 5.71. The monoisotopic (exact) mass is 249 g/mol. The van der Waals surface area contributed by atoms with Crippen LogP contribution in [0.25, 0.3) is 0 Å². The molecule has 1 aromatic rings. The van der Waals surface area contributed by atoms with E-state index in [4.69, 9.17) is 10.5 Å². The maximum absolute atomic E-state index is 5.97. The molecule has 100 valence electrons. The fourth-order valence-corrected chi connectivity index (χ4v) is 2.55. The molecule has 0 radical (unpaired) electrons. The summed E-state index contributed by atoms with van der Waals surface area (Å²) in [7, 11) is 0. The zero-order chi connectivity index (χ0) is 12.8. The van der Waals surface area contributed by atoms with Crippen molar-refractivity contribution >= 4 is 5.69 Å². The van der Waals surface area contributed by atoms with Gasteiger partial charge in [0.2, 0.25) is 0 Å². The minimum atomic E-state index is 0.409. The second-order valence-electron chi connectivity index (χ2n) is 4.90. The average molecular weight is 249 g/mol. The second kappa shape index (κ2) is 6.71. The molecule has 0 amide bonds. The van der Waals surface area contributed by atoms with Gasteiger partial charge in [0.15, 0.2) is 0 Å². The van der Waals surface area contributed by atoms with Crippen molar-refractivity contribution in [1.29, 1.82) is 0 Å². The lowest BCUT2D eigenvalue weighted by Crippen LogP contribution is -2.34. The highest BCUT2D eigenvalue weighted by atomic mass is 16.5. The Kier molecular flexibility index (Phi) is 4.96. The third kappa shape index (κ3) is 3.68. The normalized spacial score (nSPS) is 21.1. The third-order valence-electron chi connectivity index (χ3n) is 3.47. The van der Waals surface area contributed by atoms with Crippen LogP contribution in [-0.2, 0) is 11.2 Å². The lowest BCUT2D eigenvalue weighted by atomic mass is 9.99. The fraction of sp³-hybridized carbons (Fsp3) is 0.643. The summed E-state index contributed by atoms with van der Waals surface area (Å²) in [4.78, 5) is 4.15. The molecule has 1 saturated heterocycles. The molecular formula is C14H23N3O. The highest BCUT2D eigenvalue weighted by Gasteiger charge is 2.21. The Balaban J connectivity index is 1.94. The zero-order valence-electron chi connectivity index (χ0n) is 11.1. The van der Waals surface area contributed by atoms with Gasteiger partial charge < -0.3 is 15.8 Å². The number of nitrogens with two attached hydrogens (primary N) is 1. The van der Waals surface area contributed by atoms with Crippen LogP contribution >= 0.6 is 0 Å². The van der Waals surface area contributed by atoms with Crippen LogP contribution in [0.4, 0.5) is 5.69 Å². The van der Waals surface area contributed by atoms with Crippen molar-refractivity contribution in [2.75, 3.05) is 18.9 Å². The van der Waals surface area contributed by atoms with Crippen molar-refractivity contribution in [3.05, 3.63) is 24.0 Å². The van der Waals surface area contributed by atoms with E-state index in [-0.39, 0.29) is 0 Å². The molecule has 1 aliphatic rings. The quantitative estimate of drug-likeness (QED) is 0.806. The van der Waals surface area contributed by atoms with Crippen molar-refractivity contribution in [2.24, 2.45) is 0 Å². The molecular weight excluding hydrogens is 226 g/mol. The first-order valence-electron chi connectivity index (χ1n) is 6.83. The first kappa shape index (κ1) is 13.3. The lowest BCUT2D eigenvalue weighted by Gasteiger charge is -2.21. The summed E-state index contributed by atoms with van der Waals surface area (Å²) in [6.07, 6.45) is 8.38. The van der Waals surface area contributed by atoms with Crippen molar-refractivity contribution in [3.63, 3.8) is 0 Å². The molecule has 0 aliphatic carbocycles. The first-order chi connectivity index (χ1) is 8.79. The van der Waals surface area contributed by atoms with E-state index in [0.29, 0.717) is 12.1 Å². The van der Waals surface area contributed by atoms with E-state index in [9.17, 15) is 0 Å². The number of nitrogens with zero attached hydrogens (tertiary/aromatic N) is 1. The van der Waals surface area contributed by atoms with Gasteiger partial charge in [-0.05, 0) is 43.9 Å². The van der Waals surface area contributed by atoms with E-state index in [0.717, 1.165) is 37.2 Å².